The van der Waals surface area contributed by atoms with Gasteiger partial charge in [-0.25, -0.2) is 4.79 Å². The number of nitrogens with zero attached hydrogens (tertiary/aromatic N) is 1. The smallest absolute Gasteiger partial charge is 0.349 e. The van der Waals surface area contributed by atoms with Crippen molar-refractivity contribution in [2.75, 3.05) is 14.1 Å². The number of carbonyl (C=O) groups is 1. The highest BCUT2D eigenvalue weighted by Gasteiger charge is 2.71. The number of fused-ring (bicyclic) bond motifs is 5. The Morgan fingerprint density at radius 3 is 2.11 bits per heavy atom. The Morgan fingerprint density at radius 1 is 1.15 bits per heavy atom. The first-order valence-corrected chi connectivity index (χ1v) is 10.7. The number of thiophene rings is 2. The highest BCUT2D eigenvalue weighted by molar-refractivity contribution is 7.12. The number of quaternary nitrogens is 1. The summed E-state index contributed by atoms with van der Waals surface area (Å²) in [6.45, 7) is 0. The van der Waals surface area contributed by atoms with Crippen molar-refractivity contribution in [3.63, 3.8) is 0 Å². The lowest BCUT2D eigenvalue weighted by Gasteiger charge is -2.45. The number of hydrogen-bond donors (Lipinski definition) is 1. The summed E-state index contributed by atoms with van der Waals surface area (Å²) in [5, 5.41) is 15.1. The van der Waals surface area contributed by atoms with Gasteiger partial charge in [0.25, 0.3) is 0 Å². The maximum Gasteiger partial charge on any atom is 0.349 e. The number of esters is 1. The van der Waals surface area contributed by atoms with E-state index in [2.05, 4.69) is 14.1 Å². The summed E-state index contributed by atoms with van der Waals surface area (Å²) < 4.78 is 12.6. The Hall–Kier alpha value is -0.770. The standard InChI is InChI=1S/C19H22NO4S2.BrH/c1-20(2)12-9-11(10-13(20)17-16(12)24-17)23-18(21)19(22,14-5-3-7-25-14)15-6-4-8-26-15;/h3-8,11-13,16-17,22H,9-10H2,1-2H3;1H/q+1;/p-1/t11?,12-,13?,16-,17+;/m1./s1. The molecule has 2 bridgehead atoms. The molecule has 0 radical (unpaired) electrons. The summed E-state index contributed by atoms with van der Waals surface area (Å²) in [5.74, 6) is -0.561. The van der Waals surface area contributed by atoms with Crippen molar-refractivity contribution in [3.05, 3.63) is 44.8 Å². The van der Waals surface area contributed by atoms with Crippen molar-refractivity contribution in [1.29, 1.82) is 0 Å². The van der Waals surface area contributed by atoms with Crippen LogP contribution in [-0.4, -0.2) is 60.0 Å². The van der Waals surface area contributed by atoms with Crippen molar-refractivity contribution < 1.29 is 40.8 Å². The highest BCUT2D eigenvalue weighted by Crippen LogP contribution is 2.52. The first kappa shape index (κ1) is 19.5. The maximum absolute atomic E-state index is 13.1. The second kappa shape index (κ2) is 6.64. The predicted octanol–water partition coefficient (Wildman–Crippen LogP) is -0.650. The summed E-state index contributed by atoms with van der Waals surface area (Å²) in [6.07, 6.45) is 2.05. The zero-order valence-corrected chi connectivity index (χ0v) is 18.3. The third-order valence-electron chi connectivity index (χ3n) is 6.36. The molecule has 0 amide bonds. The quantitative estimate of drug-likeness (QED) is 0.365. The molecular weight excluding hydrogens is 450 g/mol. The number of morpholine rings is 1. The van der Waals surface area contributed by atoms with Crippen LogP contribution in [0, 0.1) is 0 Å². The number of halogens is 1. The molecule has 0 aliphatic carbocycles. The molecule has 5 atom stereocenters. The fourth-order valence-corrected chi connectivity index (χ4v) is 6.54. The number of hydrogen-bond acceptors (Lipinski definition) is 6. The molecule has 3 saturated heterocycles. The lowest BCUT2D eigenvalue weighted by atomic mass is 9.95. The van der Waals surface area contributed by atoms with Crippen LogP contribution in [0.15, 0.2) is 35.0 Å². The van der Waals surface area contributed by atoms with Crippen molar-refractivity contribution in [3.8, 4) is 0 Å². The number of epoxide rings is 1. The number of carbonyl (C=O) groups excluding carboxylic acids is 1. The van der Waals surface area contributed by atoms with Crippen LogP contribution < -0.4 is 17.0 Å². The van der Waals surface area contributed by atoms with Gasteiger partial charge in [0.05, 0.1) is 23.8 Å². The number of piperidine rings is 1. The molecule has 0 saturated carbocycles. The molecular formula is C19H22BrNO4S2. The van der Waals surface area contributed by atoms with Crippen LogP contribution in [0.25, 0.3) is 0 Å². The van der Waals surface area contributed by atoms with Gasteiger partial charge in [-0.1, -0.05) is 12.1 Å². The minimum Gasteiger partial charge on any atom is -1.00 e. The molecule has 2 unspecified atom stereocenters. The Bertz CT molecular complexity index is 769. The van der Waals surface area contributed by atoms with E-state index in [1.54, 1.807) is 12.1 Å². The Kier molecular flexibility index (Phi) is 4.81. The van der Waals surface area contributed by atoms with E-state index in [-0.39, 0.29) is 23.1 Å². The number of likely N-dealkylation sites (N-methyl/N-ethyl adjacent to an activating group) is 1. The van der Waals surface area contributed by atoms with Crippen LogP contribution in [0.4, 0.5) is 0 Å². The van der Waals surface area contributed by atoms with Crippen molar-refractivity contribution >= 4 is 28.6 Å². The zero-order valence-electron chi connectivity index (χ0n) is 15.1. The van der Waals surface area contributed by atoms with E-state index in [9.17, 15) is 9.90 Å². The van der Waals surface area contributed by atoms with Gasteiger partial charge in [0.15, 0.2) is 0 Å². The number of rotatable bonds is 4. The monoisotopic (exact) mass is 471 g/mol. The molecule has 8 heteroatoms. The van der Waals surface area contributed by atoms with Crippen LogP contribution in [0.5, 0.6) is 0 Å². The van der Waals surface area contributed by atoms with E-state index in [0.29, 0.717) is 34.0 Å². The van der Waals surface area contributed by atoms with E-state index in [1.165, 1.54) is 22.7 Å². The van der Waals surface area contributed by atoms with Crippen molar-refractivity contribution in [1.82, 2.24) is 0 Å². The third-order valence-corrected chi connectivity index (χ3v) is 8.32. The molecule has 0 spiro atoms. The molecule has 5 heterocycles. The summed E-state index contributed by atoms with van der Waals surface area (Å²) in [7, 11) is 4.49. The van der Waals surface area contributed by atoms with Gasteiger partial charge >= 0.3 is 5.97 Å². The van der Waals surface area contributed by atoms with Crippen LogP contribution >= 0.6 is 22.7 Å². The normalized spacial score (nSPS) is 33.1. The van der Waals surface area contributed by atoms with Gasteiger partial charge < -0.3 is 36.0 Å². The summed E-state index contributed by atoms with van der Waals surface area (Å²) >= 11 is 2.74. The molecule has 5 nitrogen and oxygen atoms in total. The number of ether oxygens (including phenoxy) is 2. The summed E-state index contributed by atoms with van der Waals surface area (Å²) in [5.41, 5.74) is -1.72. The first-order valence-electron chi connectivity index (χ1n) is 8.92. The van der Waals surface area contributed by atoms with E-state index < -0.39 is 11.6 Å². The molecule has 2 aromatic heterocycles. The molecule has 5 rings (SSSR count). The van der Waals surface area contributed by atoms with E-state index >= 15 is 0 Å². The molecule has 3 fully saturated rings. The Balaban J connectivity index is 0.00000180. The van der Waals surface area contributed by atoms with Gasteiger partial charge in [-0.3, -0.25) is 0 Å². The SMILES string of the molecule is C[N+]1(C)C2CC(OC(=O)C(O)(c3cccs3)c3cccs3)C[C@@H]1[C@H]1O[C@@H]21.[Br-]. The second-order valence-corrected chi connectivity index (χ2v) is 9.89. The summed E-state index contributed by atoms with van der Waals surface area (Å²) in [6, 6.07) is 8.01. The molecule has 146 valence electrons. The van der Waals surface area contributed by atoms with E-state index in [1.807, 2.05) is 22.9 Å². The number of aliphatic hydroxyl groups is 1. The minimum atomic E-state index is -1.72. The van der Waals surface area contributed by atoms with Gasteiger partial charge in [0, 0.05) is 12.8 Å². The lowest BCUT2D eigenvalue weighted by molar-refractivity contribution is -0.938. The first-order chi connectivity index (χ1) is 12.4. The Morgan fingerprint density at radius 2 is 1.67 bits per heavy atom. The van der Waals surface area contributed by atoms with Crippen molar-refractivity contribution in [2.45, 2.75) is 48.8 Å². The van der Waals surface area contributed by atoms with Gasteiger partial charge in [-0.2, -0.15) is 0 Å². The highest BCUT2D eigenvalue weighted by atomic mass is 79.9. The van der Waals surface area contributed by atoms with Crippen LogP contribution in [0.1, 0.15) is 22.6 Å². The predicted molar refractivity (Wildman–Crippen MR) is 99.1 cm³/mol. The second-order valence-electron chi connectivity index (χ2n) is 7.99. The largest absolute Gasteiger partial charge is 1.00 e. The molecule has 3 aliphatic heterocycles. The van der Waals surface area contributed by atoms with Gasteiger partial charge in [0.2, 0.25) is 5.60 Å². The van der Waals surface area contributed by atoms with Crippen LogP contribution in [-0.2, 0) is 19.9 Å². The average molecular weight is 472 g/mol. The third kappa shape index (κ3) is 2.84. The Labute approximate surface area is 176 Å². The zero-order chi connectivity index (χ0) is 18.1. The summed E-state index contributed by atoms with van der Waals surface area (Å²) in [4.78, 5) is 14.3. The molecule has 1 N–H and O–H groups in total. The average Bonchev–Trinajstić information content (AvgIpc) is 2.98. The van der Waals surface area contributed by atoms with E-state index in [4.69, 9.17) is 9.47 Å². The van der Waals surface area contributed by atoms with Gasteiger partial charge in [-0.15, -0.1) is 22.7 Å². The van der Waals surface area contributed by atoms with E-state index in [0.717, 1.165) is 17.3 Å². The minimum absolute atomic E-state index is 0. The topological polar surface area (TPSA) is 59.1 Å². The van der Waals surface area contributed by atoms with Crippen molar-refractivity contribution in [2.24, 2.45) is 0 Å². The molecule has 2 aromatic rings. The molecule has 3 aliphatic rings. The fourth-order valence-electron chi connectivity index (χ4n) is 4.83. The van der Waals surface area contributed by atoms with Gasteiger partial charge in [0.1, 0.15) is 30.4 Å². The molecule has 0 aromatic carbocycles. The maximum atomic E-state index is 13.1. The molecule has 27 heavy (non-hydrogen) atoms. The van der Waals surface area contributed by atoms with Gasteiger partial charge in [-0.05, 0) is 22.9 Å². The lowest BCUT2D eigenvalue weighted by Crippen LogP contribution is -3.00. The fraction of sp³-hybridized carbons (Fsp3) is 0.526. The van der Waals surface area contributed by atoms with Crippen LogP contribution in [0.2, 0.25) is 0 Å². The van der Waals surface area contributed by atoms with Crippen LogP contribution in [0.3, 0.4) is 0 Å².